The molecule has 0 aliphatic carbocycles. The summed E-state index contributed by atoms with van der Waals surface area (Å²) in [5.74, 6) is -3.23. The van der Waals surface area contributed by atoms with Crippen molar-refractivity contribution in [1.29, 1.82) is 0 Å². The summed E-state index contributed by atoms with van der Waals surface area (Å²) in [4.78, 5) is 23.2. The molecule has 3 aromatic rings. The molecule has 0 aliphatic heterocycles. The van der Waals surface area contributed by atoms with Gasteiger partial charge in [0.15, 0.2) is 0 Å². The fraction of sp³-hybridized carbons (Fsp3) is 0.250. The molecule has 0 spiro atoms. The summed E-state index contributed by atoms with van der Waals surface area (Å²) in [7, 11) is 0. The maximum absolute atomic E-state index is 13.2. The second kappa shape index (κ2) is 10.5. The largest absolute Gasteiger partial charge is 0.489 e. The minimum absolute atomic E-state index is 0.000175. The van der Waals surface area contributed by atoms with E-state index in [0.717, 1.165) is 17.2 Å². The smallest absolute Gasteiger partial charge is 0.455 e. The van der Waals surface area contributed by atoms with Gasteiger partial charge in [-0.05, 0) is 59.0 Å². The number of carboxylic acid groups (broad SMARTS) is 1. The lowest BCUT2D eigenvalue weighted by Crippen LogP contribution is -2.24. The SMILES string of the molecule is Cc1ccccc1[C@H](CCC(=O)O)Oc1cc(OCc2ccsc2)ccc1C(=O)C(F)(F)F. The van der Waals surface area contributed by atoms with E-state index in [1.54, 1.807) is 31.2 Å². The lowest BCUT2D eigenvalue weighted by molar-refractivity contribution is -0.137. The van der Waals surface area contributed by atoms with Crippen LogP contribution >= 0.6 is 11.3 Å². The van der Waals surface area contributed by atoms with E-state index in [4.69, 9.17) is 14.6 Å². The van der Waals surface area contributed by atoms with Crippen LogP contribution in [0.25, 0.3) is 0 Å². The summed E-state index contributed by atoms with van der Waals surface area (Å²) in [6, 6.07) is 12.4. The number of aliphatic carboxylic acids is 1. The maximum Gasteiger partial charge on any atom is 0.455 e. The highest BCUT2D eigenvalue weighted by atomic mass is 32.1. The zero-order valence-corrected chi connectivity index (χ0v) is 18.4. The van der Waals surface area contributed by atoms with Crippen molar-refractivity contribution in [2.75, 3.05) is 0 Å². The molecule has 0 bridgehead atoms. The maximum atomic E-state index is 13.2. The van der Waals surface area contributed by atoms with Gasteiger partial charge in [-0.2, -0.15) is 24.5 Å². The van der Waals surface area contributed by atoms with Gasteiger partial charge in [0.1, 0.15) is 24.2 Å². The van der Waals surface area contributed by atoms with Crippen molar-refractivity contribution >= 4 is 23.1 Å². The third-order valence-electron chi connectivity index (χ3n) is 4.87. The molecule has 0 aliphatic rings. The summed E-state index contributed by atoms with van der Waals surface area (Å²) in [6.45, 7) is 1.98. The van der Waals surface area contributed by atoms with Gasteiger partial charge in [-0.1, -0.05) is 24.3 Å². The minimum Gasteiger partial charge on any atom is -0.489 e. The molecule has 0 saturated heterocycles. The number of hydrogen-bond donors (Lipinski definition) is 1. The van der Waals surface area contributed by atoms with Crippen molar-refractivity contribution in [3.8, 4) is 11.5 Å². The van der Waals surface area contributed by atoms with E-state index in [2.05, 4.69) is 0 Å². The van der Waals surface area contributed by atoms with Crippen molar-refractivity contribution < 1.29 is 37.3 Å². The molecule has 0 amide bonds. The van der Waals surface area contributed by atoms with Crippen LogP contribution in [0.1, 0.15) is 46.0 Å². The Kier molecular flexibility index (Phi) is 7.75. The fourth-order valence-electron chi connectivity index (χ4n) is 3.21. The van der Waals surface area contributed by atoms with Gasteiger partial charge in [-0.3, -0.25) is 9.59 Å². The molecule has 0 radical (unpaired) electrons. The molecular weight excluding hydrogens is 457 g/mol. The first-order valence-electron chi connectivity index (χ1n) is 9.98. The van der Waals surface area contributed by atoms with Crippen LogP contribution in [0.15, 0.2) is 59.3 Å². The molecule has 1 aromatic heterocycles. The van der Waals surface area contributed by atoms with Gasteiger partial charge < -0.3 is 14.6 Å². The van der Waals surface area contributed by atoms with Gasteiger partial charge >= 0.3 is 12.1 Å². The Morgan fingerprint density at radius 1 is 1.12 bits per heavy atom. The average molecular weight is 478 g/mol. The van der Waals surface area contributed by atoms with E-state index in [1.165, 1.54) is 23.5 Å². The molecule has 174 valence electrons. The predicted molar refractivity (Wildman–Crippen MR) is 117 cm³/mol. The Bertz CT molecular complexity index is 1110. The van der Waals surface area contributed by atoms with Crippen LogP contribution in [-0.2, 0) is 11.4 Å². The predicted octanol–water partition coefficient (Wildman–Crippen LogP) is 6.37. The highest BCUT2D eigenvalue weighted by Crippen LogP contribution is 2.36. The molecule has 0 saturated carbocycles. The zero-order valence-electron chi connectivity index (χ0n) is 17.6. The van der Waals surface area contributed by atoms with E-state index in [-0.39, 0.29) is 30.9 Å². The molecule has 33 heavy (non-hydrogen) atoms. The Hall–Kier alpha value is -3.33. The minimum atomic E-state index is -5.10. The van der Waals surface area contributed by atoms with Crippen molar-refractivity contribution in [3.05, 3.63) is 81.5 Å². The summed E-state index contributed by atoms with van der Waals surface area (Å²) in [6.07, 6.45) is -6.25. The van der Waals surface area contributed by atoms with Gasteiger partial charge in [-0.15, -0.1) is 0 Å². The Balaban J connectivity index is 1.97. The number of alkyl halides is 3. The van der Waals surface area contributed by atoms with E-state index in [0.29, 0.717) is 5.56 Å². The second-order valence-electron chi connectivity index (χ2n) is 7.30. The standard InChI is InChI=1S/C24H21F3O5S/c1-15-4-2-3-5-18(15)20(8-9-22(28)29)32-21-12-17(31-13-16-10-11-33-14-16)6-7-19(21)23(30)24(25,26)27/h2-7,10-12,14,20H,8-9,13H2,1H3,(H,28,29)/t20-/m0/s1. The van der Waals surface area contributed by atoms with E-state index >= 15 is 0 Å². The molecule has 5 nitrogen and oxygen atoms in total. The van der Waals surface area contributed by atoms with Crippen LogP contribution in [0.2, 0.25) is 0 Å². The molecule has 1 N–H and O–H groups in total. The molecule has 1 atom stereocenters. The van der Waals surface area contributed by atoms with Gasteiger partial charge in [0.25, 0.3) is 5.78 Å². The third kappa shape index (κ3) is 6.58. The summed E-state index contributed by atoms with van der Waals surface area (Å²) >= 11 is 1.48. The molecule has 1 heterocycles. The number of carbonyl (C=O) groups excluding carboxylic acids is 1. The third-order valence-corrected chi connectivity index (χ3v) is 5.60. The molecule has 3 rings (SSSR count). The normalized spacial score (nSPS) is 12.2. The first-order chi connectivity index (χ1) is 15.6. The number of ether oxygens (including phenoxy) is 2. The van der Waals surface area contributed by atoms with Crippen LogP contribution < -0.4 is 9.47 Å². The zero-order chi connectivity index (χ0) is 24.0. The monoisotopic (exact) mass is 478 g/mol. The molecule has 0 fully saturated rings. The van der Waals surface area contributed by atoms with Gasteiger partial charge in [0.2, 0.25) is 0 Å². The van der Waals surface area contributed by atoms with E-state index in [1.807, 2.05) is 16.8 Å². The van der Waals surface area contributed by atoms with Crippen molar-refractivity contribution in [3.63, 3.8) is 0 Å². The lowest BCUT2D eigenvalue weighted by atomic mass is 9.99. The summed E-state index contributed by atoms with van der Waals surface area (Å²) in [5, 5.41) is 12.9. The number of aryl methyl sites for hydroxylation is 1. The number of rotatable bonds is 10. The van der Waals surface area contributed by atoms with Gasteiger partial charge in [0, 0.05) is 12.5 Å². The Labute approximate surface area is 192 Å². The molecular formula is C24H21F3O5S. The number of Topliss-reactive ketones (excluding diaryl/α,β-unsaturated/α-hetero) is 1. The van der Waals surface area contributed by atoms with Crippen molar-refractivity contribution in [2.24, 2.45) is 0 Å². The summed E-state index contributed by atoms with van der Waals surface area (Å²) in [5.41, 5.74) is 1.62. The van der Waals surface area contributed by atoms with Gasteiger partial charge in [0.05, 0.1) is 5.56 Å². The molecule has 0 unspecified atom stereocenters. The van der Waals surface area contributed by atoms with Crippen molar-refractivity contribution in [2.45, 2.75) is 38.7 Å². The number of ketones is 1. The number of benzene rings is 2. The fourth-order valence-corrected chi connectivity index (χ4v) is 3.86. The summed E-state index contributed by atoms with van der Waals surface area (Å²) < 4.78 is 51.2. The first kappa shape index (κ1) is 24.3. The Morgan fingerprint density at radius 2 is 1.88 bits per heavy atom. The topological polar surface area (TPSA) is 72.8 Å². The van der Waals surface area contributed by atoms with E-state index in [9.17, 15) is 22.8 Å². The molecule has 9 heteroatoms. The van der Waals surface area contributed by atoms with Crippen LogP contribution in [0.5, 0.6) is 11.5 Å². The molecule has 2 aromatic carbocycles. The van der Waals surface area contributed by atoms with Crippen LogP contribution in [-0.4, -0.2) is 23.0 Å². The Morgan fingerprint density at radius 3 is 2.52 bits per heavy atom. The number of hydrogen-bond acceptors (Lipinski definition) is 5. The van der Waals surface area contributed by atoms with Crippen LogP contribution in [0, 0.1) is 6.92 Å². The van der Waals surface area contributed by atoms with E-state index < -0.39 is 29.6 Å². The van der Waals surface area contributed by atoms with Crippen LogP contribution in [0.4, 0.5) is 13.2 Å². The van der Waals surface area contributed by atoms with Crippen LogP contribution in [0.3, 0.4) is 0 Å². The number of carboxylic acids is 1. The van der Waals surface area contributed by atoms with Gasteiger partial charge in [-0.25, -0.2) is 0 Å². The number of carbonyl (C=O) groups is 2. The second-order valence-corrected chi connectivity index (χ2v) is 8.08. The highest BCUT2D eigenvalue weighted by Gasteiger charge is 2.41. The number of thiophene rings is 1. The lowest BCUT2D eigenvalue weighted by Gasteiger charge is -2.23. The number of halogens is 3. The average Bonchev–Trinajstić information content (AvgIpc) is 3.28. The first-order valence-corrected chi connectivity index (χ1v) is 10.9. The highest BCUT2D eigenvalue weighted by molar-refractivity contribution is 7.07. The van der Waals surface area contributed by atoms with Crippen molar-refractivity contribution in [1.82, 2.24) is 0 Å². The quantitative estimate of drug-likeness (QED) is 0.343.